The highest BCUT2D eigenvalue weighted by molar-refractivity contribution is 6.39. The van der Waals surface area contributed by atoms with E-state index in [9.17, 15) is 9.59 Å². The number of carbonyl (C=O) groups excluding carboxylic acids is 2. The molecule has 4 rings (SSSR count). The van der Waals surface area contributed by atoms with Crippen molar-refractivity contribution in [3.63, 3.8) is 0 Å². The number of carbonyl (C=O) groups is 2. The van der Waals surface area contributed by atoms with Gasteiger partial charge in [0.05, 0.1) is 12.2 Å². The molecule has 0 radical (unpaired) electrons. The van der Waals surface area contributed by atoms with Crippen LogP contribution in [0.5, 0.6) is 0 Å². The molecule has 2 amide bonds. The molecule has 0 fully saturated rings. The Balaban J connectivity index is 1.58. The zero-order chi connectivity index (χ0) is 16.5. The SMILES string of the molecule is O=C1CCC(C(=O)N2CCc3[nH]nc(-c4ccccc4)c3C2)=NN1. The molecule has 0 spiro atoms. The lowest BCUT2D eigenvalue weighted by atomic mass is 10.0. The van der Waals surface area contributed by atoms with E-state index in [0.29, 0.717) is 31.6 Å². The Morgan fingerprint density at radius 2 is 1.96 bits per heavy atom. The van der Waals surface area contributed by atoms with Crippen molar-refractivity contribution in [3.8, 4) is 11.3 Å². The lowest BCUT2D eigenvalue weighted by molar-refractivity contribution is -0.125. The molecule has 2 N–H and O–H groups in total. The van der Waals surface area contributed by atoms with Crippen LogP contribution in [0.4, 0.5) is 0 Å². The fraction of sp³-hybridized carbons (Fsp3) is 0.294. The molecule has 0 saturated heterocycles. The molecule has 2 aromatic rings. The standard InChI is InChI=1S/C17H17N5O2/c23-15-7-6-14(19-20-15)17(24)22-9-8-13-12(10-22)16(21-18-13)11-4-2-1-3-5-11/h1-5H,6-10H2,(H,18,21)(H,20,23). The first-order valence-corrected chi connectivity index (χ1v) is 7.98. The molecule has 0 atom stereocenters. The number of benzene rings is 1. The largest absolute Gasteiger partial charge is 0.333 e. The molecular weight excluding hydrogens is 306 g/mol. The molecular formula is C17H17N5O2. The molecule has 1 aromatic carbocycles. The number of H-pyrrole nitrogens is 1. The number of amides is 2. The Kier molecular flexibility index (Phi) is 3.60. The molecule has 2 aliphatic heterocycles. The summed E-state index contributed by atoms with van der Waals surface area (Å²) < 4.78 is 0. The lowest BCUT2D eigenvalue weighted by Crippen LogP contribution is -2.42. The van der Waals surface area contributed by atoms with Crippen LogP contribution in [0.1, 0.15) is 24.1 Å². The number of hydrogen-bond acceptors (Lipinski definition) is 4. The topological polar surface area (TPSA) is 90.5 Å². The summed E-state index contributed by atoms with van der Waals surface area (Å²) >= 11 is 0. The van der Waals surface area contributed by atoms with Gasteiger partial charge < -0.3 is 4.90 Å². The third-order valence-electron chi connectivity index (χ3n) is 4.42. The highest BCUT2D eigenvalue weighted by atomic mass is 16.2. The van der Waals surface area contributed by atoms with E-state index in [1.165, 1.54) is 0 Å². The number of aromatic amines is 1. The number of rotatable bonds is 2. The first kappa shape index (κ1) is 14.6. The Morgan fingerprint density at radius 3 is 2.71 bits per heavy atom. The first-order chi connectivity index (χ1) is 11.7. The summed E-state index contributed by atoms with van der Waals surface area (Å²) in [5, 5.41) is 11.4. The van der Waals surface area contributed by atoms with E-state index in [0.717, 1.165) is 28.9 Å². The molecule has 0 bridgehead atoms. The number of hydrazone groups is 1. The minimum absolute atomic E-state index is 0.110. The average Bonchev–Trinajstić information content (AvgIpc) is 3.05. The van der Waals surface area contributed by atoms with Gasteiger partial charge in [0.2, 0.25) is 5.91 Å². The molecule has 0 unspecified atom stereocenters. The normalized spacial score (nSPS) is 17.1. The fourth-order valence-electron chi connectivity index (χ4n) is 3.11. The fourth-order valence-corrected chi connectivity index (χ4v) is 3.11. The van der Waals surface area contributed by atoms with Crippen molar-refractivity contribution in [1.82, 2.24) is 20.5 Å². The van der Waals surface area contributed by atoms with E-state index in [2.05, 4.69) is 20.7 Å². The molecule has 0 saturated carbocycles. The van der Waals surface area contributed by atoms with Crippen molar-refractivity contribution >= 4 is 17.5 Å². The first-order valence-electron chi connectivity index (χ1n) is 7.98. The summed E-state index contributed by atoms with van der Waals surface area (Å²) in [7, 11) is 0. The van der Waals surface area contributed by atoms with Crippen LogP contribution in [0.2, 0.25) is 0 Å². The van der Waals surface area contributed by atoms with Crippen LogP contribution in [0.3, 0.4) is 0 Å². The van der Waals surface area contributed by atoms with Crippen molar-refractivity contribution in [2.45, 2.75) is 25.8 Å². The van der Waals surface area contributed by atoms with E-state index in [4.69, 9.17) is 0 Å². The molecule has 24 heavy (non-hydrogen) atoms. The monoisotopic (exact) mass is 323 g/mol. The van der Waals surface area contributed by atoms with Gasteiger partial charge >= 0.3 is 0 Å². The number of fused-ring (bicyclic) bond motifs is 1. The minimum Gasteiger partial charge on any atom is -0.333 e. The molecule has 1 aromatic heterocycles. The minimum atomic E-state index is -0.145. The van der Waals surface area contributed by atoms with E-state index in [-0.39, 0.29) is 11.8 Å². The molecule has 2 aliphatic rings. The van der Waals surface area contributed by atoms with Gasteiger partial charge in [0.15, 0.2) is 0 Å². The second kappa shape index (κ2) is 5.92. The molecule has 0 aliphatic carbocycles. The maximum Gasteiger partial charge on any atom is 0.270 e. The second-order valence-electron chi connectivity index (χ2n) is 5.97. The lowest BCUT2D eigenvalue weighted by Gasteiger charge is -2.28. The van der Waals surface area contributed by atoms with Gasteiger partial charge in [-0.25, -0.2) is 5.43 Å². The van der Waals surface area contributed by atoms with Crippen molar-refractivity contribution in [1.29, 1.82) is 0 Å². The maximum atomic E-state index is 12.7. The molecule has 7 nitrogen and oxygen atoms in total. The van der Waals surface area contributed by atoms with E-state index in [1.54, 1.807) is 4.90 Å². The molecule has 7 heteroatoms. The number of aromatic nitrogens is 2. The summed E-state index contributed by atoms with van der Waals surface area (Å²) in [6.45, 7) is 1.12. The van der Waals surface area contributed by atoms with Gasteiger partial charge in [-0.15, -0.1) is 0 Å². The Morgan fingerprint density at radius 1 is 1.12 bits per heavy atom. The predicted octanol–water partition coefficient (Wildman–Crippen LogP) is 1.23. The molecule has 3 heterocycles. The van der Waals surface area contributed by atoms with Crippen molar-refractivity contribution in [3.05, 3.63) is 41.6 Å². The highest BCUT2D eigenvalue weighted by Gasteiger charge is 2.29. The van der Waals surface area contributed by atoms with Gasteiger partial charge in [-0.05, 0) is 0 Å². The van der Waals surface area contributed by atoms with Crippen molar-refractivity contribution in [2.24, 2.45) is 5.10 Å². The van der Waals surface area contributed by atoms with Crippen LogP contribution < -0.4 is 5.43 Å². The van der Waals surface area contributed by atoms with E-state index >= 15 is 0 Å². The Bertz CT molecular complexity index is 825. The van der Waals surface area contributed by atoms with Crippen LogP contribution in [-0.4, -0.2) is 39.2 Å². The average molecular weight is 323 g/mol. The Hall–Kier alpha value is -2.96. The predicted molar refractivity (Wildman–Crippen MR) is 88.0 cm³/mol. The zero-order valence-electron chi connectivity index (χ0n) is 13.1. The zero-order valence-corrected chi connectivity index (χ0v) is 13.1. The smallest absolute Gasteiger partial charge is 0.270 e. The second-order valence-corrected chi connectivity index (χ2v) is 5.97. The van der Waals surface area contributed by atoms with Gasteiger partial charge in [0.25, 0.3) is 5.91 Å². The Labute approximate surface area is 138 Å². The summed E-state index contributed by atoms with van der Waals surface area (Å²) in [4.78, 5) is 25.6. The van der Waals surface area contributed by atoms with Crippen molar-refractivity contribution < 1.29 is 9.59 Å². The van der Waals surface area contributed by atoms with Gasteiger partial charge in [-0.3, -0.25) is 14.7 Å². The maximum absolute atomic E-state index is 12.7. The third-order valence-corrected chi connectivity index (χ3v) is 4.42. The van der Waals surface area contributed by atoms with Gasteiger partial charge in [0.1, 0.15) is 5.71 Å². The summed E-state index contributed by atoms with van der Waals surface area (Å²) in [5.41, 5.74) is 6.87. The number of nitrogens with zero attached hydrogens (tertiary/aromatic N) is 3. The van der Waals surface area contributed by atoms with Crippen molar-refractivity contribution in [2.75, 3.05) is 6.54 Å². The van der Waals surface area contributed by atoms with Crippen LogP contribution in [-0.2, 0) is 22.6 Å². The van der Waals surface area contributed by atoms with Gasteiger partial charge in [0, 0.05) is 42.6 Å². The van der Waals surface area contributed by atoms with Gasteiger partial charge in [-0.1, -0.05) is 30.3 Å². The van der Waals surface area contributed by atoms with E-state index < -0.39 is 0 Å². The summed E-state index contributed by atoms with van der Waals surface area (Å²) in [6, 6.07) is 9.94. The van der Waals surface area contributed by atoms with Crippen LogP contribution in [0, 0.1) is 0 Å². The summed E-state index contributed by atoms with van der Waals surface area (Å²) in [5.74, 6) is -0.255. The van der Waals surface area contributed by atoms with E-state index in [1.807, 2.05) is 30.3 Å². The molecule has 122 valence electrons. The highest BCUT2D eigenvalue weighted by Crippen LogP contribution is 2.28. The van der Waals surface area contributed by atoms with Crippen LogP contribution in [0.25, 0.3) is 11.3 Å². The van der Waals surface area contributed by atoms with Gasteiger partial charge in [-0.2, -0.15) is 10.2 Å². The number of hydrogen-bond donors (Lipinski definition) is 2. The summed E-state index contributed by atoms with van der Waals surface area (Å²) in [6.07, 6.45) is 1.44. The quantitative estimate of drug-likeness (QED) is 0.871. The number of nitrogens with one attached hydrogen (secondary N) is 2. The van der Waals surface area contributed by atoms with Crippen LogP contribution >= 0.6 is 0 Å². The van der Waals surface area contributed by atoms with Crippen LogP contribution in [0.15, 0.2) is 35.4 Å². The third kappa shape index (κ3) is 2.58.